The monoisotopic (exact) mass is 899 g/mol. The third-order valence-corrected chi connectivity index (χ3v) is 15.7. The summed E-state index contributed by atoms with van der Waals surface area (Å²) in [4.78, 5) is 4.89. The second-order valence-electron chi connectivity index (χ2n) is 19.6. The first-order chi connectivity index (χ1) is 34.3. The van der Waals surface area contributed by atoms with Gasteiger partial charge in [-0.05, 0) is 166 Å². The summed E-state index contributed by atoms with van der Waals surface area (Å²) in [6, 6.07) is 72.0. The number of benzene rings is 9. The highest BCUT2D eigenvalue weighted by Gasteiger charge is 2.43. The maximum absolute atomic E-state index is 2.62. The minimum absolute atomic E-state index is 0.0261. The van der Waals surface area contributed by atoms with E-state index in [0.29, 0.717) is 0 Å². The Kier molecular flexibility index (Phi) is 8.70. The molecule has 5 nitrogen and oxygen atoms in total. The van der Waals surface area contributed by atoms with Gasteiger partial charge >= 0.3 is 0 Å². The predicted molar refractivity (Wildman–Crippen MR) is 297 cm³/mol. The fourth-order valence-corrected chi connectivity index (χ4v) is 12.5. The van der Waals surface area contributed by atoms with Crippen LogP contribution in [0, 0.1) is 41.5 Å². The van der Waals surface area contributed by atoms with Crippen molar-refractivity contribution in [3.63, 3.8) is 0 Å². The molecule has 0 aliphatic carbocycles. The number of hydrogen-bond donors (Lipinski definition) is 0. The van der Waals surface area contributed by atoms with Gasteiger partial charge in [0.05, 0.1) is 39.1 Å². The molecule has 9 aromatic carbocycles. The third-order valence-electron chi connectivity index (χ3n) is 15.7. The lowest BCUT2D eigenvalue weighted by molar-refractivity contribution is 1.01. The van der Waals surface area contributed by atoms with Crippen LogP contribution in [-0.2, 0) is 0 Å². The minimum atomic E-state index is -0.0261. The van der Waals surface area contributed by atoms with Crippen LogP contribution in [0.15, 0.2) is 194 Å². The first kappa shape index (κ1) is 40.6. The molecule has 12 aromatic rings. The lowest BCUT2D eigenvalue weighted by atomic mass is 9.34. The molecule has 0 radical (unpaired) electrons. The molecule has 334 valence electrons. The number of aryl methyl sites for hydroxylation is 4. The summed E-state index contributed by atoms with van der Waals surface area (Å²) in [5, 5.41) is 5.12. The van der Waals surface area contributed by atoms with Gasteiger partial charge in [-0.1, -0.05) is 108 Å². The van der Waals surface area contributed by atoms with Crippen molar-refractivity contribution in [1.29, 1.82) is 0 Å². The van der Waals surface area contributed by atoms with E-state index < -0.39 is 0 Å². The molecule has 0 saturated carbocycles. The first-order valence-corrected chi connectivity index (χ1v) is 24.6. The van der Waals surface area contributed by atoms with Crippen LogP contribution < -0.4 is 26.2 Å². The number of para-hydroxylation sites is 4. The Bertz CT molecular complexity index is 3790. The highest BCUT2D eigenvalue weighted by molar-refractivity contribution is 7.00. The van der Waals surface area contributed by atoms with E-state index >= 15 is 0 Å². The van der Waals surface area contributed by atoms with Crippen molar-refractivity contribution in [3.05, 3.63) is 228 Å². The number of aromatic nitrogens is 3. The number of hydrogen-bond acceptors (Lipinski definition) is 2. The van der Waals surface area contributed by atoms with E-state index in [-0.39, 0.29) is 6.71 Å². The normalized spacial score (nSPS) is 12.4. The Labute approximate surface area is 408 Å². The van der Waals surface area contributed by atoms with Gasteiger partial charge in [0.15, 0.2) is 0 Å². The van der Waals surface area contributed by atoms with Crippen molar-refractivity contribution in [2.45, 2.75) is 41.5 Å². The summed E-state index contributed by atoms with van der Waals surface area (Å²) in [5.74, 6) is 0. The molecule has 0 saturated heterocycles. The van der Waals surface area contributed by atoms with E-state index in [0.717, 1.165) is 28.4 Å². The highest BCUT2D eigenvalue weighted by Crippen LogP contribution is 2.47. The molecule has 3 aromatic heterocycles. The standard InChI is InChI=1S/C64H50BN5/c1-39-27-31-54-50(35-39)51-36-40(2)28-32-55(51)70(54)49-37-58-62-59(38-49)67-44(6)42(4)61-57(69(47-23-15-9-16-24-47)48-25-17-10-18-26-48)34-30-53(64(61)67)65(62)52-29-33-56(60-41(3)43(5)66(58)63(52)60)68(45-19-11-7-12-20-45)46-21-13-8-14-22-46/h7-38H,1-6H3. The Morgan fingerprint density at radius 1 is 0.371 bits per heavy atom. The van der Waals surface area contributed by atoms with Crippen molar-refractivity contribution >= 4 is 101 Å². The zero-order chi connectivity index (χ0) is 47.1. The zero-order valence-electron chi connectivity index (χ0n) is 40.3. The van der Waals surface area contributed by atoms with Gasteiger partial charge in [-0.2, -0.15) is 0 Å². The SMILES string of the molecule is Cc1ccc2c(c1)c1cc(C)ccc1n2-c1cc2c3c(c1)-n1c(C)c(C)c4c(N(c5ccccc5)c5ccccc5)ccc(c41)B3c1ccc(N(c3ccccc3)c3ccccc3)c3c(C)c(C)n-2c13. The van der Waals surface area contributed by atoms with Crippen LogP contribution in [0.25, 0.3) is 60.7 Å². The van der Waals surface area contributed by atoms with Crippen molar-refractivity contribution in [2.75, 3.05) is 9.80 Å². The molecule has 6 heteroatoms. The van der Waals surface area contributed by atoms with Crippen LogP contribution in [0.3, 0.4) is 0 Å². The predicted octanol–water partition coefficient (Wildman–Crippen LogP) is 14.6. The van der Waals surface area contributed by atoms with E-state index in [2.05, 4.69) is 259 Å². The Morgan fingerprint density at radius 2 is 0.743 bits per heavy atom. The van der Waals surface area contributed by atoms with Crippen LogP contribution in [0.4, 0.5) is 34.1 Å². The summed E-state index contributed by atoms with van der Waals surface area (Å²) in [7, 11) is 0. The Hall–Kier alpha value is -8.48. The lowest BCUT2D eigenvalue weighted by Crippen LogP contribution is -2.59. The van der Waals surface area contributed by atoms with Crippen LogP contribution in [0.5, 0.6) is 0 Å². The van der Waals surface area contributed by atoms with Gasteiger partial charge < -0.3 is 23.5 Å². The summed E-state index contributed by atoms with van der Waals surface area (Å²) >= 11 is 0. The van der Waals surface area contributed by atoms with Crippen molar-refractivity contribution in [2.24, 2.45) is 0 Å². The maximum atomic E-state index is 2.62. The molecule has 2 aliphatic heterocycles. The number of fused-ring (bicyclic) bond motifs is 7. The molecule has 0 amide bonds. The van der Waals surface area contributed by atoms with E-state index in [1.54, 1.807) is 0 Å². The summed E-state index contributed by atoms with van der Waals surface area (Å²) in [6.07, 6.45) is 0. The molecular weight excluding hydrogens is 850 g/mol. The molecule has 0 bridgehead atoms. The van der Waals surface area contributed by atoms with Crippen LogP contribution in [0.2, 0.25) is 0 Å². The topological polar surface area (TPSA) is 21.3 Å². The lowest BCUT2D eigenvalue weighted by Gasteiger charge is -2.36. The van der Waals surface area contributed by atoms with Gasteiger partial charge in [0.1, 0.15) is 0 Å². The average molecular weight is 900 g/mol. The van der Waals surface area contributed by atoms with Crippen LogP contribution in [0.1, 0.15) is 33.6 Å². The summed E-state index contributed by atoms with van der Waals surface area (Å²) < 4.78 is 7.76. The Balaban J connectivity index is 1.13. The van der Waals surface area contributed by atoms with E-state index in [4.69, 9.17) is 0 Å². The van der Waals surface area contributed by atoms with Gasteiger partial charge in [-0.25, -0.2) is 0 Å². The minimum Gasteiger partial charge on any atom is -0.314 e. The zero-order valence-corrected chi connectivity index (χ0v) is 40.3. The smallest absolute Gasteiger partial charge is 0.252 e. The molecule has 0 unspecified atom stereocenters. The second-order valence-corrected chi connectivity index (χ2v) is 19.6. The summed E-state index contributed by atoms with van der Waals surface area (Å²) in [6.45, 7) is 13.7. The van der Waals surface area contributed by atoms with Gasteiger partial charge in [-0.15, -0.1) is 0 Å². The van der Waals surface area contributed by atoms with E-state index in [1.165, 1.54) is 116 Å². The fraction of sp³-hybridized carbons (Fsp3) is 0.0938. The molecule has 0 atom stereocenters. The van der Waals surface area contributed by atoms with Crippen molar-refractivity contribution in [3.8, 4) is 17.1 Å². The number of anilines is 6. The molecule has 70 heavy (non-hydrogen) atoms. The quantitative estimate of drug-likeness (QED) is 0.149. The third kappa shape index (κ3) is 5.56. The van der Waals surface area contributed by atoms with Gasteiger partial charge in [-0.3, -0.25) is 0 Å². The average Bonchev–Trinajstić information content (AvgIpc) is 3.96. The number of nitrogens with zero attached hydrogens (tertiary/aromatic N) is 5. The molecule has 0 fully saturated rings. The second kappa shape index (κ2) is 15.0. The molecular formula is C64H50BN5. The van der Waals surface area contributed by atoms with E-state index in [1.807, 2.05) is 0 Å². The fourth-order valence-electron chi connectivity index (χ4n) is 12.5. The van der Waals surface area contributed by atoms with Gasteiger partial charge in [0, 0.05) is 67.1 Å². The molecule has 5 heterocycles. The van der Waals surface area contributed by atoms with Gasteiger partial charge in [0.2, 0.25) is 0 Å². The maximum Gasteiger partial charge on any atom is 0.252 e. The first-order valence-electron chi connectivity index (χ1n) is 24.6. The molecule has 0 N–H and O–H groups in total. The van der Waals surface area contributed by atoms with Crippen molar-refractivity contribution in [1.82, 2.24) is 13.7 Å². The van der Waals surface area contributed by atoms with Crippen molar-refractivity contribution < 1.29 is 0 Å². The molecule has 0 spiro atoms. The van der Waals surface area contributed by atoms with E-state index in [9.17, 15) is 0 Å². The van der Waals surface area contributed by atoms with Crippen LogP contribution in [-0.4, -0.2) is 20.4 Å². The molecule has 14 rings (SSSR count). The highest BCUT2D eigenvalue weighted by atomic mass is 15.2. The largest absolute Gasteiger partial charge is 0.314 e. The number of rotatable bonds is 7. The van der Waals surface area contributed by atoms with Crippen LogP contribution >= 0.6 is 0 Å². The molecule has 2 aliphatic rings. The summed E-state index contributed by atoms with van der Waals surface area (Å²) in [5.41, 5.74) is 27.1. The van der Waals surface area contributed by atoms with Gasteiger partial charge in [0.25, 0.3) is 6.71 Å². The Morgan fingerprint density at radius 3 is 1.11 bits per heavy atom.